The summed E-state index contributed by atoms with van der Waals surface area (Å²) in [5, 5.41) is 13.9. The van der Waals surface area contributed by atoms with Crippen LogP contribution in [0.15, 0.2) is 36.5 Å². The minimum Gasteiger partial charge on any atom is -0.387 e. The van der Waals surface area contributed by atoms with Gasteiger partial charge in [0.2, 0.25) is 5.91 Å². The Morgan fingerprint density at radius 3 is 1.14 bits per heavy atom. The number of rotatable bonds is 56. The van der Waals surface area contributed by atoms with E-state index in [0.29, 0.717) is 17.4 Å². The Morgan fingerprint density at radius 2 is 0.786 bits per heavy atom. The molecule has 0 spiro atoms. The molecule has 0 aromatic carbocycles. The van der Waals surface area contributed by atoms with E-state index in [-0.39, 0.29) is 19.1 Å². The van der Waals surface area contributed by atoms with Crippen molar-refractivity contribution in [2.75, 3.05) is 40.9 Å². The smallest absolute Gasteiger partial charge is 0.387 e. The van der Waals surface area contributed by atoms with Gasteiger partial charge < -0.3 is 19.8 Å². The summed E-state index contributed by atoms with van der Waals surface area (Å²) in [6, 6.07) is -0.867. The van der Waals surface area contributed by atoms with Gasteiger partial charge in [-0.15, -0.1) is 0 Å². The average Bonchev–Trinajstić information content (AvgIpc) is 3.32. The molecule has 3 atom stereocenters. The lowest BCUT2D eigenvalue weighted by atomic mass is 10.0. The fourth-order valence-electron chi connectivity index (χ4n) is 9.08. The molecule has 0 radical (unpaired) electrons. The van der Waals surface area contributed by atoms with Crippen LogP contribution in [0.5, 0.6) is 0 Å². The molecular weight excluding hydrogens is 888 g/mol. The molecule has 0 aliphatic heterocycles. The molecule has 70 heavy (non-hydrogen) atoms. The van der Waals surface area contributed by atoms with Crippen molar-refractivity contribution < 1.29 is 32.9 Å². The molecule has 3 unspecified atom stereocenters. The molecule has 0 heterocycles. The van der Waals surface area contributed by atoms with Crippen LogP contribution in [0.3, 0.4) is 0 Å². The van der Waals surface area contributed by atoms with Crippen LogP contribution in [0.2, 0.25) is 0 Å². The predicted molar refractivity (Wildman–Crippen MR) is 304 cm³/mol. The SMILES string of the molecule is CCCCCCC/C=C/CC/C=C/CC/C=C/C(O)C(COP(=O)(O)OCC[N+](C)(C)C)NC(=O)CCCCCCCCCCCCCCCCCCCCCCCCCCCCCCCCCCC. The van der Waals surface area contributed by atoms with Crippen LogP contribution in [-0.2, 0) is 18.4 Å². The number of allylic oxidation sites excluding steroid dienone is 5. The number of likely N-dealkylation sites (N-methyl/N-ethyl adjacent to an activating group) is 1. The molecule has 8 nitrogen and oxygen atoms in total. The molecule has 0 aliphatic rings. The molecule has 1 amide bonds. The van der Waals surface area contributed by atoms with Gasteiger partial charge in [-0.3, -0.25) is 13.8 Å². The van der Waals surface area contributed by atoms with Gasteiger partial charge in [0, 0.05) is 6.42 Å². The third-order valence-corrected chi connectivity index (χ3v) is 14.8. The van der Waals surface area contributed by atoms with Crippen LogP contribution >= 0.6 is 7.82 Å². The number of aliphatic hydroxyl groups excluding tert-OH is 1. The van der Waals surface area contributed by atoms with Gasteiger partial charge >= 0.3 is 7.82 Å². The first-order valence-corrected chi connectivity index (χ1v) is 31.9. The van der Waals surface area contributed by atoms with Crippen molar-refractivity contribution in [3.63, 3.8) is 0 Å². The standard InChI is InChI=1S/C61H119N2O6P/c1-6-8-10-12-14-16-18-20-22-23-24-25-26-27-28-29-30-31-32-33-34-35-36-37-38-39-41-43-45-47-49-51-53-55-61(65)62-59(58-69-70(66,67)68-57-56-63(3,4)5)60(64)54-52-50-48-46-44-42-40-21-19-17-15-13-11-9-7-2/h19,21,44,46,52,54,59-60,64H,6-18,20,22-43,45,47-51,53,55-58H2,1-5H3,(H-,62,65,66,67)/p+1/b21-19+,46-44+,54-52+. The van der Waals surface area contributed by atoms with Gasteiger partial charge in [-0.2, -0.15) is 0 Å². The van der Waals surface area contributed by atoms with Gasteiger partial charge in [0.15, 0.2) is 0 Å². The van der Waals surface area contributed by atoms with E-state index in [1.165, 1.54) is 231 Å². The van der Waals surface area contributed by atoms with Crippen LogP contribution < -0.4 is 5.32 Å². The van der Waals surface area contributed by atoms with Crippen molar-refractivity contribution in [3.8, 4) is 0 Å². The number of aliphatic hydroxyl groups is 1. The molecule has 0 aromatic heterocycles. The summed E-state index contributed by atoms with van der Waals surface area (Å²) in [5.41, 5.74) is 0. The number of hydrogen-bond acceptors (Lipinski definition) is 5. The normalized spacial score (nSPS) is 14.1. The maximum Gasteiger partial charge on any atom is 0.472 e. The number of phosphoric ester groups is 1. The van der Waals surface area contributed by atoms with E-state index in [1.807, 2.05) is 27.2 Å². The first-order chi connectivity index (χ1) is 34.0. The van der Waals surface area contributed by atoms with Gasteiger partial charge in [-0.1, -0.05) is 281 Å². The zero-order valence-corrected chi connectivity index (χ0v) is 48.2. The second-order valence-electron chi connectivity index (χ2n) is 22.1. The number of carbonyl (C=O) groups excluding carboxylic acids is 1. The summed E-state index contributed by atoms with van der Waals surface area (Å²) < 4.78 is 23.7. The molecule has 0 saturated carbocycles. The van der Waals surface area contributed by atoms with Gasteiger partial charge in [-0.05, 0) is 44.9 Å². The van der Waals surface area contributed by atoms with E-state index in [1.54, 1.807) is 6.08 Å². The number of carbonyl (C=O) groups is 1. The zero-order valence-electron chi connectivity index (χ0n) is 47.3. The average molecular weight is 1010 g/mol. The van der Waals surface area contributed by atoms with Crippen LogP contribution in [0.4, 0.5) is 0 Å². The monoisotopic (exact) mass is 1010 g/mol. The number of amides is 1. The van der Waals surface area contributed by atoms with Gasteiger partial charge in [-0.25, -0.2) is 4.57 Å². The van der Waals surface area contributed by atoms with E-state index < -0.39 is 20.0 Å². The summed E-state index contributed by atoms with van der Waals surface area (Å²) >= 11 is 0. The molecule has 0 bridgehead atoms. The summed E-state index contributed by atoms with van der Waals surface area (Å²) in [6.45, 7) is 4.80. The number of hydrogen-bond donors (Lipinski definition) is 3. The summed E-state index contributed by atoms with van der Waals surface area (Å²) in [6.07, 6.45) is 68.5. The topological polar surface area (TPSA) is 105 Å². The van der Waals surface area contributed by atoms with Gasteiger partial charge in [0.1, 0.15) is 13.2 Å². The van der Waals surface area contributed by atoms with Crippen molar-refractivity contribution in [2.45, 2.75) is 309 Å². The van der Waals surface area contributed by atoms with Crippen LogP contribution in [0.1, 0.15) is 296 Å². The van der Waals surface area contributed by atoms with Crippen molar-refractivity contribution >= 4 is 13.7 Å². The Labute approximate surface area is 436 Å². The highest BCUT2D eigenvalue weighted by molar-refractivity contribution is 7.47. The molecule has 0 rings (SSSR count). The predicted octanol–water partition coefficient (Wildman–Crippen LogP) is 18.5. The number of unbranched alkanes of at least 4 members (excludes halogenated alkanes) is 39. The lowest BCUT2D eigenvalue weighted by Gasteiger charge is -2.25. The molecule has 0 saturated heterocycles. The fourth-order valence-corrected chi connectivity index (χ4v) is 9.81. The Hall–Kier alpha value is -1.28. The van der Waals surface area contributed by atoms with Crippen LogP contribution in [0.25, 0.3) is 0 Å². The van der Waals surface area contributed by atoms with Crippen molar-refractivity contribution in [1.29, 1.82) is 0 Å². The van der Waals surface area contributed by atoms with Crippen LogP contribution in [0, 0.1) is 0 Å². The Balaban J connectivity index is 4.01. The zero-order chi connectivity index (χ0) is 51.3. The Kier molecular flexibility index (Phi) is 51.6. The number of quaternary nitrogens is 1. The maximum absolute atomic E-state index is 13.0. The van der Waals surface area contributed by atoms with E-state index in [4.69, 9.17) is 9.05 Å². The van der Waals surface area contributed by atoms with E-state index in [0.717, 1.165) is 44.9 Å². The largest absolute Gasteiger partial charge is 0.472 e. The number of nitrogens with zero attached hydrogens (tertiary/aromatic N) is 1. The van der Waals surface area contributed by atoms with Crippen molar-refractivity contribution in [3.05, 3.63) is 36.5 Å². The maximum atomic E-state index is 13.0. The lowest BCUT2D eigenvalue weighted by molar-refractivity contribution is -0.870. The Bertz CT molecular complexity index is 1230. The van der Waals surface area contributed by atoms with E-state index >= 15 is 0 Å². The highest BCUT2D eigenvalue weighted by Gasteiger charge is 2.27. The second kappa shape index (κ2) is 52.6. The van der Waals surface area contributed by atoms with Gasteiger partial charge in [0.25, 0.3) is 0 Å². The summed E-state index contributed by atoms with van der Waals surface area (Å²) in [4.78, 5) is 23.3. The third kappa shape index (κ3) is 54.5. The molecule has 0 aliphatic carbocycles. The molecular formula is C61H120N2O6P+. The summed E-state index contributed by atoms with van der Waals surface area (Å²) in [7, 11) is 1.56. The highest BCUT2D eigenvalue weighted by atomic mass is 31.2. The molecule has 0 aromatic rings. The molecule has 3 N–H and O–H groups in total. The summed E-state index contributed by atoms with van der Waals surface area (Å²) in [5.74, 6) is -0.186. The number of nitrogens with one attached hydrogen (secondary N) is 1. The number of phosphoric acid groups is 1. The molecule has 414 valence electrons. The first kappa shape index (κ1) is 68.7. The Morgan fingerprint density at radius 1 is 0.471 bits per heavy atom. The minimum atomic E-state index is -4.35. The highest BCUT2D eigenvalue weighted by Crippen LogP contribution is 2.43. The second-order valence-corrected chi connectivity index (χ2v) is 23.5. The van der Waals surface area contributed by atoms with Crippen LogP contribution in [-0.4, -0.2) is 73.4 Å². The fraction of sp³-hybridized carbons (Fsp3) is 0.885. The van der Waals surface area contributed by atoms with E-state index in [2.05, 4.69) is 43.5 Å². The first-order valence-electron chi connectivity index (χ1n) is 30.4. The molecule has 0 fully saturated rings. The lowest BCUT2D eigenvalue weighted by Crippen LogP contribution is -2.45. The quantitative estimate of drug-likeness (QED) is 0.0243. The van der Waals surface area contributed by atoms with Gasteiger partial charge in [0.05, 0.1) is 39.9 Å². The third-order valence-electron chi connectivity index (χ3n) is 13.8. The van der Waals surface area contributed by atoms with Crippen molar-refractivity contribution in [2.24, 2.45) is 0 Å². The minimum absolute atomic E-state index is 0.0550. The van der Waals surface area contributed by atoms with E-state index in [9.17, 15) is 19.4 Å². The van der Waals surface area contributed by atoms with Crippen molar-refractivity contribution in [1.82, 2.24) is 5.32 Å². The molecule has 9 heteroatoms.